The summed E-state index contributed by atoms with van der Waals surface area (Å²) in [6.07, 6.45) is 4.53. The number of rotatable bonds is 5. The van der Waals surface area contributed by atoms with Crippen molar-refractivity contribution in [1.82, 2.24) is 4.98 Å². The number of amides is 1. The number of hydrogen-bond acceptors (Lipinski definition) is 4. The molecule has 1 aliphatic rings. The van der Waals surface area contributed by atoms with Crippen molar-refractivity contribution >= 4 is 22.4 Å². The lowest BCUT2D eigenvalue weighted by atomic mass is 10.0. The maximum Gasteiger partial charge on any atom is 0.264 e. The molecule has 0 saturated carbocycles. The second kappa shape index (κ2) is 7.13. The SMILES string of the molecule is CC(C)c1cccc(OCC(=O)Nc2nc3c(s2)CCCC3)c1. The zero-order chi connectivity index (χ0) is 16.2. The summed E-state index contributed by atoms with van der Waals surface area (Å²) in [5.41, 5.74) is 2.36. The number of benzene rings is 1. The van der Waals surface area contributed by atoms with Crippen LogP contribution in [0.4, 0.5) is 5.13 Å². The molecule has 0 spiro atoms. The van der Waals surface area contributed by atoms with Gasteiger partial charge in [0.05, 0.1) is 5.69 Å². The van der Waals surface area contributed by atoms with E-state index in [0.29, 0.717) is 11.0 Å². The van der Waals surface area contributed by atoms with Gasteiger partial charge in [-0.2, -0.15) is 0 Å². The highest BCUT2D eigenvalue weighted by atomic mass is 32.1. The molecule has 0 atom stereocenters. The van der Waals surface area contributed by atoms with Crippen LogP contribution in [-0.2, 0) is 17.6 Å². The van der Waals surface area contributed by atoms with E-state index in [4.69, 9.17) is 4.74 Å². The minimum Gasteiger partial charge on any atom is -0.484 e. The molecular formula is C18H22N2O2S. The normalized spacial score (nSPS) is 13.7. The fourth-order valence-electron chi connectivity index (χ4n) is 2.67. The molecule has 0 fully saturated rings. The van der Waals surface area contributed by atoms with Crippen LogP contribution in [0.5, 0.6) is 5.75 Å². The molecule has 1 N–H and O–H groups in total. The van der Waals surface area contributed by atoms with Crippen LogP contribution in [0.2, 0.25) is 0 Å². The predicted octanol–water partition coefficient (Wildman–Crippen LogP) is 4.16. The van der Waals surface area contributed by atoms with Crippen LogP contribution >= 0.6 is 11.3 Å². The number of hydrogen-bond donors (Lipinski definition) is 1. The van der Waals surface area contributed by atoms with Gasteiger partial charge in [0.15, 0.2) is 11.7 Å². The molecule has 1 aromatic carbocycles. The topological polar surface area (TPSA) is 51.2 Å². The summed E-state index contributed by atoms with van der Waals surface area (Å²) in [5.74, 6) is 1.00. The lowest BCUT2D eigenvalue weighted by Crippen LogP contribution is -2.20. The van der Waals surface area contributed by atoms with Gasteiger partial charge in [0.2, 0.25) is 0 Å². The summed E-state index contributed by atoms with van der Waals surface area (Å²) >= 11 is 1.59. The average molecular weight is 330 g/mol. The van der Waals surface area contributed by atoms with E-state index in [0.717, 1.165) is 24.3 Å². The van der Waals surface area contributed by atoms with Crippen molar-refractivity contribution in [2.75, 3.05) is 11.9 Å². The lowest BCUT2D eigenvalue weighted by Gasteiger charge is -2.09. The molecule has 0 radical (unpaired) electrons. The number of ether oxygens (including phenoxy) is 1. The van der Waals surface area contributed by atoms with E-state index in [9.17, 15) is 4.79 Å². The van der Waals surface area contributed by atoms with Crippen molar-refractivity contribution in [3.63, 3.8) is 0 Å². The van der Waals surface area contributed by atoms with Crippen LogP contribution in [-0.4, -0.2) is 17.5 Å². The Bertz CT molecular complexity index is 671. The first kappa shape index (κ1) is 16.0. The molecule has 0 bridgehead atoms. The molecule has 122 valence electrons. The van der Waals surface area contributed by atoms with Gasteiger partial charge >= 0.3 is 0 Å². The van der Waals surface area contributed by atoms with Crippen molar-refractivity contribution in [2.45, 2.75) is 45.4 Å². The van der Waals surface area contributed by atoms with Crippen LogP contribution in [0, 0.1) is 0 Å². The van der Waals surface area contributed by atoms with Gasteiger partial charge in [0, 0.05) is 4.88 Å². The summed E-state index contributed by atoms with van der Waals surface area (Å²) in [6, 6.07) is 7.89. The van der Waals surface area contributed by atoms with Crippen molar-refractivity contribution in [3.8, 4) is 5.75 Å². The number of aryl methyl sites for hydroxylation is 2. The molecule has 1 aliphatic carbocycles. The predicted molar refractivity (Wildman–Crippen MR) is 93.4 cm³/mol. The van der Waals surface area contributed by atoms with E-state index in [1.807, 2.05) is 18.2 Å². The Hall–Kier alpha value is -1.88. The second-order valence-corrected chi connectivity index (χ2v) is 7.24. The third kappa shape index (κ3) is 4.10. The largest absolute Gasteiger partial charge is 0.484 e. The first-order valence-corrected chi connectivity index (χ1v) is 8.94. The lowest BCUT2D eigenvalue weighted by molar-refractivity contribution is -0.118. The summed E-state index contributed by atoms with van der Waals surface area (Å²) in [6.45, 7) is 4.28. The standard InChI is InChI=1S/C18H22N2O2S/c1-12(2)13-6-5-7-14(10-13)22-11-17(21)20-18-19-15-8-3-4-9-16(15)23-18/h5-7,10,12H,3-4,8-9,11H2,1-2H3,(H,19,20,21). The molecule has 1 amide bonds. The van der Waals surface area contributed by atoms with Crippen molar-refractivity contribution in [3.05, 3.63) is 40.4 Å². The molecule has 23 heavy (non-hydrogen) atoms. The minimum atomic E-state index is -0.161. The van der Waals surface area contributed by atoms with E-state index in [2.05, 4.69) is 30.2 Å². The first-order valence-electron chi connectivity index (χ1n) is 8.13. The Balaban J connectivity index is 1.55. The Morgan fingerprint density at radius 2 is 2.17 bits per heavy atom. The molecule has 0 saturated heterocycles. The van der Waals surface area contributed by atoms with Crippen molar-refractivity contribution in [2.24, 2.45) is 0 Å². The van der Waals surface area contributed by atoms with Gasteiger partial charge in [-0.25, -0.2) is 4.98 Å². The number of carbonyl (C=O) groups is 1. The summed E-state index contributed by atoms with van der Waals surface area (Å²) in [7, 11) is 0. The van der Waals surface area contributed by atoms with Gasteiger partial charge in [-0.05, 0) is 49.3 Å². The highest BCUT2D eigenvalue weighted by Gasteiger charge is 2.16. The Kier molecular flexibility index (Phi) is 4.96. The number of anilines is 1. The molecule has 0 aliphatic heterocycles. The number of nitrogens with one attached hydrogen (secondary N) is 1. The Labute approximate surface area is 140 Å². The number of fused-ring (bicyclic) bond motifs is 1. The van der Waals surface area contributed by atoms with Crippen molar-refractivity contribution < 1.29 is 9.53 Å². The van der Waals surface area contributed by atoms with Gasteiger partial charge in [-0.3, -0.25) is 10.1 Å². The van der Waals surface area contributed by atoms with Gasteiger partial charge in [0.25, 0.3) is 5.91 Å². The highest BCUT2D eigenvalue weighted by Crippen LogP contribution is 2.29. The smallest absolute Gasteiger partial charge is 0.264 e. The van der Waals surface area contributed by atoms with E-state index in [-0.39, 0.29) is 12.5 Å². The van der Waals surface area contributed by atoms with Gasteiger partial charge in [-0.15, -0.1) is 11.3 Å². The minimum absolute atomic E-state index is 0.00575. The molecule has 5 heteroatoms. The quantitative estimate of drug-likeness (QED) is 0.895. The van der Waals surface area contributed by atoms with E-state index < -0.39 is 0 Å². The van der Waals surface area contributed by atoms with Gasteiger partial charge < -0.3 is 4.74 Å². The molecule has 1 aromatic heterocycles. The summed E-state index contributed by atoms with van der Waals surface area (Å²) < 4.78 is 5.60. The fourth-order valence-corrected chi connectivity index (χ4v) is 3.74. The van der Waals surface area contributed by atoms with E-state index in [1.165, 1.54) is 23.3 Å². The molecule has 1 heterocycles. The maximum atomic E-state index is 12.0. The molecule has 3 rings (SSSR count). The van der Waals surface area contributed by atoms with Crippen LogP contribution in [0.15, 0.2) is 24.3 Å². The van der Waals surface area contributed by atoms with Gasteiger partial charge in [0.1, 0.15) is 5.75 Å². The number of aromatic nitrogens is 1. The Morgan fingerprint density at radius 1 is 1.35 bits per heavy atom. The number of thiazole rings is 1. The van der Waals surface area contributed by atoms with Gasteiger partial charge in [-0.1, -0.05) is 26.0 Å². The zero-order valence-electron chi connectivity index (χ0n) is 13.6. The monoisotopic (exact) mass is 330 g/mol. The fraction of sp³-hybridized carbons (Fsp3) is 0.444. The molecular weight excluding hydrogens is 308 g/mol. The number of carbonyl (C=O) groups excluding carboxylic acids is 1. The Morgan fingerprint density at radius 3 is 2.96 bits per heavy atom. The van der Waals surface area contributed by atoms with Crippen LogP contribution in [0.1, 0.15) is 48.7 Å². The van der Waals surface area contributed by atoms with Crippen LogP contribution in [0.25, 0.3) is 0 Å². The van der Waals surface area contributed by atoms with Crippen LogP contribution < -0.4 is 10.1 Å². The number of nitrogens with zero attached hydrogens (tertiary/aromatic N) is 1. The average Bonchev–Trinajstić information content (AvgIpc) is 2.95. The second-order valence-electron chi connectivity index (χ2n) is 6.16. The molecule has 2 aromatic rings. The maximum absolute atomic E-state index is 12.0. The van der Waals surface area contributed by atoms with E-state index >= 15 is 0 Å². The third-order valence-electron chi connectivity index (χ3n) is 3.99. The third-order valence-corrected chi connectivity index (χ3v) is 5.06. The van der Waals surface area contributed by atoms with Crippen molar-refractivity contribution in [1.29, 1.82) is 0 Å². The van der Waals surface area contributed by atoms with E-state index in [1.54, 1.807) is 11.3 Å². The zero-order valence-corrected chi connectivity index (χ0v) is 14.4. The summed E-state index contributed by atoms with van der Waals surface area (Å²) in [4.78, 5) is 17.9. The first-order chi connectivity index (χ1) is 11.1. The summed E-state index contributed by atoms with van der Waals surface area (Å²) in [5, 5.41) is 3.55. The highest BCUT2D eigenvalue weighted by molar-refractivity contribution is 7.15. The molecule has 4 nitrogen and oxygen atoms in total. The molecule has 0 unspecified atom stereocenters. The van der Waals surface area contributed by atoms with Crippen LogP contribution in [0.3, 0.4) is 0 Å².